The monoisotopic (exact) mass is 388 g/mol. The van der Waals surface area contributed by atoms with E-state index in [1.807, 2.05) is 30.3 Å². The molecule has 2 amide bonds. The predicted octanol–water partition coefficient (Wildman–Crippen LogP) is 3.22. The van der Waals surface area contributed by atoms with Gasteiger partial charge >= 0.3 is 11.8 Å². The number of rotatable bonds is 5. The summed E-state index contributed by atoms with van der Waals surface area (Å²) >= 11 is 1.70. The Hall–Kier alpha value is -2.38. The molecule has 2 aromatic rings. The van der Waals surface area contributed by atoms with Gasteiger partial charge in [-0.25, -0.2) is 4.39 Å². The third kappa shape index (κ3) is 5.55. The zero-order valence-corrected chi connectivity index (χ0v) is 15.6. The average molecular weight is 388 g/mol. The van der Waals surface area contributed by atoms with E-state index in [0.29, 0.717) is 25.4 Å². The van der Waals surface area contributed by atoms with Crippen molar-refractivity contribution in [2.75, 3.05) is 25.1 Å². The van der Waals surface area contributed by atoms with Crippen LogP contribution in [0.15, 0.2) is 59.5 Å². The fourth-order valence-electron chi connectivity index (χ4n) is 2.84. The fourth-order valence-corrected chi connectivity index (χ4v) is 4.15. The lowest BCUT2D eigenvalue weighted by Gasteiger charge is -2.36. The molecule has 5 nitrogen and oxygen atoms in total. The highest BCUT2D eigenvalue weighted by Crippen LogP contribution is 2.40. The SMILES string of the molecule is O=C(NCC1(Sc2ccccc2)CCOCC1)C(=O)Nc1ccc(F)cc1. The molecule has 0 aromatic heterocycles. The minimum absolute atomic E-state index is 0.217. The molecule has 1 aliphatic rings. The summed E-state index contributed by atoms with van der Waals surface area (Å²) in [6, 6.07) is 15.2. The van der Waals surface area contributed by atoms with E-state index < -0.39 is 17.6 Å². The van der Waals surface area contributed by atoms with E-state index in [2.05, 4.69) is 10.6 Å². The summed E-state index contributed by atoms with van der Waals surface area (Å²) in [7, 11) is 0. The quantitative estimate of drug-likeness (QED) is 0.772. The zero-order chi connectivity index (χ0) is 19.1. The number of carbonyl (C=O) groups is 2. The minimum atomic E-state index is -0.770. The normalized spacial score (nSPS) is 15.7. The second-order valence-corrected chi connectivity index (χ2v) is 7.90. The summed E-state index contributed by atoms with van der Waals surface area (Å²) in [5, 5.41) is 5.21. The first-order valence-electron chi connectivity index (χ1n) is 8.73. The first kappa shape index (κ1) is 19.4. The van der Waals surface area contributed by atoms with Crippen LogP contribution in [0, 0.1) is 5.82 Å². The van der Waals surface area contributed by atoms with E-state index in [1.54, 1.807) is 11.8 Å². The minimum Gasteiger partial charge on any atom is -0.381 e. The number of anilines is 1. The molecule has 0 radical (unpaired) electrons. The molecule has 1 saturated heterocycles. The van der Waals surface area contributed by atoms with Crippen LogP contribution in [-0.4, -0.2) is 36.3 Å². The van der Waals surface area contributed by atoms with Gasteiger partial charge in [0.1, 0.15) is 5.82 Å². The van der Waals surface area contributed by atoms with Gasteiger partial charge in [0.15, 0.2) is 0 Å². The number of amides is 2. The van der Waals surface area contributed by atoms with Gasteiger partial charge in [-0.05, 0) is 49.2 Å². The first-order valence-corrected chi connectivity index (χ1v) is 9.55. The summed E-state index contributed by atoms with van der Waals surface area (Å²) in [6.45, 7) is 1.61. The number of halogens is 1. The predicted molar refractivity (Wildman–Crippen MR) is 103 cm³/mol. The van der Waals surface area contributed by atoms with Crippen molar-refractivity contribution in [1.82, 2.24) is 5.32 Å². The molecule has 27 heavy (non-hydrogen) atoms. The Morgan fingerprint density at radius 2 is 1.67 bits per heavy atom. The van der Waals surface area contributed by atoms with Gasteiger partial charge in [0.05, 0.1) is 0 Å². The van der Waals surface area contributed by atoms with Crippen LogP contribution in [0.25, 0.3) is 0 Å². The van der Waals surface area contributed by atoms with Crippen LogP contribution in [-0.2, 0) is 14.3 Å². The summed E-state index contributed by atoms with van der Waals surface area (Å²) in [4.78, 5) is 25.4. The van der Waals surface area contributed by atoms with Crippen LogP contribution in [0.4, 0.5) is 10.1 Å². The second-order valence-electron chi connectivity index (χ2n) is 6.35. The van der Waals surface area contributed by atoms with Gasteiger partial charge in [-0.2, -0.15) is 0 Å². The Morgan fingerprint density at radius 3 is 2.33 bits per heavy atom. The maximum absolute atomic E-state index is 12.9. The van der Waals surface area contributed by atoms with Crippen LogP contribution in [0.2, 0.25) is 0 Å². The molecular formula is C20H21FN2O3S. The molecule has 0 spiro atoms. The van der Waals surface area contributed by atoms with Gasteiger partial charge in [0.2, 0.25) is 0 Å². The molecule has 0 aliphatic carbocycles. The van der Waals surface area contributed by atoms with E-state index >= 15 is 0 Å². The summed E-state index contributed by atoms with van der Waals surface area (Å²) in [5.74, 6) is -1.88. The largest absolute Gasteiger partial charge is 0.381 e. The lowest BCUT2D eigenvalue weighted by Crippen LogP contribution is -2.47. The highest BCUT2D eigenvalue weighted by atomic mass is 32.2. The van der Waals surface area contributed by atoms with Gasteiger partial charge < -0.3 is 15.4 Å². The van der Waals surface area contributed by atoms with E-state index in [1.165, 1.54) is 24.3 Å². The van der Waals surface area contributed by atoms with Crippen LogP contribution in [0.3, 0.4) is 0 Å². The summed E-state index contributed by atoms with van der Waals surface area (Å²) in [5.41, 5.74) is 0.371. The van der Waals surface area contributed by atoms with E-state index in [9.17, 15) is 14.0 Å². The Morgan fingerprint density at radius 1 is 1.00 bits per heavy atom. The molecule has 2 N–H and O–H groups in total. The Labute approximate surface area is 161 Å². The van der Waals surface area contributed by atoms with Crippen LogP contribution in [0.1, 0.15) is 12.8 Å². The Kier molecular flexibility index (Phi) is 6.47. The van der Waals surface area contributed by atoms with Crippen LogP contribution < -0.4 is 10.6 Å². The maximum atomic E-state index is 12.9. The molecule has 3 rings (SSSR count). The molecule has 0 atom stereocenters. The molecule has 0 saturated carbocycles. The lowest BCUT2D eigenvalue weighted by atomic mass is 9.99. The van der Waals surface area contributed by atoms with Crippen molar-refractivity contribution in [3.8, 4) is 0 Å². The van der Waals surface area contributed by atoms with Gasteiger partial charge in [-0.15, -0.1) is 11.8 Å². The first-order chi connectivity index (χ1) is 13.1. The van der Waals surface area contributed by atoms with E-state index in [4.69, 9.17) is 4.74 Å². The molecular weight excluding hydrogens is 367 g/mol. The van der Waals surface area contributed by atoms with Crippen molar-refractivity contribution in [2.45, 2.75) is 22.5 Å². The fraction of sp³-hybridized carbons (Fsp3) is 0.300. The van der Waals surface area contributed by atoms with Crippen LogP contribution >= 0.6 is 11.8 Å². The van der Waals surface area contributed by atoms with Crippen molar-refractivity contribution >= 4 is 29.3 Å². The molecule has 0 bridgehead atoms. The van der Waals surface area contributed by atoms with Gasteiger partial charge in [0, 0.05) is 35.1 Å². The van der Waals surface area contributed by atoms with E-state index in [-0.39, 0.29) is 4.75 Å². The van der Waals surface area contributed by atoms with Crippen molar-refractivity contribution in [3.05, 3.63) is 60.4 Å². The third-order valence-corrected chi connectivity index (χ3v) is 5.85. The van der Waals surface area contributed by atoms with Gasteiger partial charge in [-0.1, -0.05) is 18.2 Å². The van der Waals surface area contributed by atoms with Crippen molar-refractivity contribution in [3.63, 3.8) is 0 Å². The van der Waals surface area contributed by atoms with Crippen molar-refractivity contribution < 1.29 is 18.7 Å². The van der Waals surface area contributed by atoms with Gasteiger partial charge in [0.25, 0.3) is 0 Å². The maximum Gasteiger partial charge on any atom is 0.313 e. The van der Waals surface area contributed by atoms with Gasteiger partial charge in [-0.3, -0.25) is 9.59 Å². The number of benzene rings is 2. The molecule has 2 aromatic carbocycles. The van der Waals surface area contributed by atoms with Crippen LogP contribution in [0.5, 0.6) is 0 Å². The number of nitrogens with one attached hydrogen (secondary N) is 2. The second kappa shape index (κ2) is 9.01. The molecule has 1 aliphatic heterocycles. The number of ether oxygens (including phenoxy) is 1. The number of carbonyl (C=O) groups excluding carboxylic acids is 2. The molecule has 142 valence electrons. The number of thioether (sulfide) groups is 1. The highest BCUT2D eigenvalue weighted by molar-refractivity contribution is 8.00. The number of hydrogen-bond acceptors (Lipinski definition) is 4. The highest BCUT2D eigenvalue weighted by Gasteiger charge is 2.34. The Balaban J connectivity index is 1.59. The average Bonchev–Trinajstić information content (AvgIpc) is 2.69. The third-order valence-electron chi connectivity index (χ3n) is 4.36. The van der Waals surface area contributed by atoms with Crippen molar-refractivity contribution in [2.24, 2.45) is 0 Å². The number of hydrogen-bond donors (Lipinski definition) is 2. The molecule has 7 heteroatoms. The van der Waals surface area contributed by atoms with Crippen molar-refractivity contribution in [1.29, 1.82) is 0 Å². The standard InChI is InChI=1S/C20H21FN2O3S/c21-15-6-8-16(9-7-15)23-19(25)18(24)22-14-20(10-12-26-13-11-20)27-17-4-2-1-3-5-17/h1-9H,10-14H2,(H,22,24)(H,23,25). The Bertz CT molecular complexity index is 778. The smallest absolute Gasteiger partial charge is 0.313 e. The van der Waals surface area contributed by atoms with E-state index in [0.717, 1.165) is 17.7 Å². The zero-order valence-electron chi connectivity index (χ0n) is 14.7. The molecule has 1 fully saturated rings. The topological polar surface area (TPSA) is 67.4 Å². The summed E-state index contributed by atoms with van der Waals surface area (Å²) < 4.78 is 18.2. The molecule has 0 unspecified atom stereocenters. The lowest BCUT2D eigenvalue weighted by molar-refractivity contribution is -0.136. The summed E-state index contributed by atoms with van der Waals surface area (Å²) in [6.07, 6.45) is 1.57. The molecule has 1 heterocycles.